The van der Waals surface area contributed by atoms with Crippen molar-refractivity contribution in [3.8, 4) is 11.3 Å². The predicted octanol–water partition coefficient (Wildman–Crippen LogP) is 7.51. The van der Waals surface area contributed by atoms with Crippen molar-refractivity contribution in [3.63, 3.8) is 0 Å². The normalized spacial score (nSPS) is 15.2. The number of hydrogen-bond donors (Lipinski definition) is 1. The molecule has 0 radical (unpaired) electrons. The van der Waals surface area contributed by atoms with E-state index in [1.807, 2.05) is 35.2 Å². The van der Waals surface area contributed by atoms with E-state index in [0.29, 0.717) is 11.6 Å². The van der Waals surface area contributed by atoms with E-state index in [-0.39, 0.29) is 31.3 Å². The summed E-state index contributed by atoms with van der Waals surface area (Å²) in [5, 5.41) is 5.37. The van der Waals surface area contributed by atoms with Crippen LogP contribution in [0.4, 0.5) is 30.6 Å². The summed E-state index contributed by atoms with van der Waals surface area (Å²) in [6, 6.07) is 18.2. The van der Waals surface area contributed by atoms with Crippen LogP contribution in [0, 0.1) is 5.92 Å². The van der Waals surface area contributed by atoms with Gasteiger partial charge in [-0.15, -0.1) is 0 Å². The van der Waals surface area contributed by atoms with Crippen LogP contribution in [0.2, 0.25) is 0 Å². The molecule has 0 atom stereocenters. The van der Waals surface area contributed by atoms with Crippen molar-refractivity contribution in [2.75, 3.05) is 23.3 Å². The zero-order valence-corrected chi connectivity index (χ0v) is 21.2. The molecule has 5 nitrogen and oxygen atoms in total. The van der Waals surface area contributed by atoms with Gasteiger partial charge >= 0.3 is 6.18 Å². The molecule has 1 saturated heterocycles. The van der Waals surface area contributed by atoms with Crippen molar-refractivity contribution < 1.29 is 13.2 Å². The number of alkyl halides is 3. The maximum Gasteiger partial charge on any atom is 0.391 e. The molecule has 1 aliphatic heterocycles. The van der Waals surface area contributed by atoms with Crippen LogP contribution < -0.4 is 10.2 Å². The molecule has 1 aliphatic rings. The minimum absolute atomic E-state index is 0.0542. The number of nitrogens with one attached hydrogen (secondary N) is 1. The lowest BCUT2D eigenvalue weighted by Crippen LogP contribution is -2.39. The first-order valence-electron chi connectivity index (χ1n) is 12.5. The van der Waals surface area contributed by atoms with Crippen LogP contribution in [0.3, 0.4) is 0 Å². The van der Waals surface area contributed by atoms with Gasteiger partial charge in [-0.3, -0.25) is 0 Å². The highest BCUT2D eigenvalue weighted by molar-refractivity contribution is 6.02. The van der Waals surface area contributed by atoms with E-state index in [9.17, 15) is 13.2 Å². The fourth-order valence-corrected chi connectivity index (χ4v) is 4.74. The van der Waals surface area contributed by atoms with Crippen LogP contribution in [0.1, 0.15) is 39.2 Å². The van der Waals surface area contributed by atoms with E-state index < -0.39 is 12.1 Å². The van der Waals surface area contributed by atoms with Gasteiger partial charge in [0, 0.05) is 42.1 Å². The Morgan fingerprint density at radius 2 is 1.54 bits per heavy atom. The van der Waals surface area contributed by atoms with Crippen molar-refractivity contribution in [2.45, 2.75) is 45.2 Å². The van der Waals surface area contributed by atoms with Crippen LogP contribution in [0.25, 0.3) is 22.0 Å². The molecule has 3 heterocycles. The SMILES string of the molecule is CC(C)(C)c1ccc(Nc2ncc(-c3ccnc(N4CCC(C(F)(F)F)CC4)n3)c3ccccc23)cc1. The van der Waals surface area contributed by atoms with Gasteiger partial charge in [0.1, 0.15) is 5.82 Å². The molecular weight excluding hydrogens is 475 g/mol. The highest BCUT2D eigenvalue weighted by atomic mass is 19.4. The molecule has 192 valence electrons. The number of nitrogens with zero attached hydrogens (tertiary/aromatic N) is 4. The second kappa shape index (κ2) is 9.65. The molecule has 0 spiro atoms. The van der Waals surface area contributed by atoms with Gasteiger partial charge in [-0.05, 0) is 47.4 Å². The van der Waals surface area contributed by atoms with Crippen LogP contribution in [-0.2, 0) is 5.41 Å². The highest BCUT2D eigenvalue weighted by Crippen LogP contribution is 2.36. The number of rotatable bonds is 4. The van der Waals surface area contributed by atoms with Gasteiger partial charge in [-0.1, -0.05) is 57.2 Å². The Bertz CT molecular complexity index is 1390. The standard InChI is InChI=1S/C29H30F3N5/c1-28(2,3)19-8-10-21(11-9-19)35-26-23-7-5-4-6-22(23)24(18-34-26)25-12-15-33-27(36-25)37-16-13-20(14-17-37)29(30,31)32/h4-12,15,18,20H,13-14,16-17H2,1-3H3,(H,34,35). The van der Waals surface area contributed by atoms with E-state index in [1.54, 1.807) is 12.4 Å². The average Bonchev–Trinajstić information content (AvgIpc) is 2.88. The first kappa shape index (κ1) is 25.0. The van der Waals surface area contributed by atoms with Crippen LogP contribution >= 0.6 is 0 Å². The lowest BCUT2D eigenvalue weighted by atomic mass is 9.87. The molecule has 4 aromatic rings. The van der Waals surface area contributed by atoms with E-state index >= 15 is 0 Å². The zero-order chi connectivity index (χ0) is 26.2. The summed E-state index contributed by atoms with van der Waals surface area (Å²) < 4.78 is 39.2. The Hall–Kier alpha value is -3.68. The van der Waals surface area contributed by atoms with E-state index in [4.69, 9.17) is 9.97 Å². The summed E-state index contributed by atoms with van der Waals surface area (Å²) in [6.07, 6.45) is -0.595. The number of aromatic nitrogens is 3. The topological polar surface area (TPSA) is 53.9 Å². The first-order valence-corrected chi connectivity index (χ1v) is 12.5. The number of pyridine rings is 1. The molecule has 8 heteroatoms. The Morgan fingerprint density at radius 1 is 0.865 bits per heavy atom. The molecule has 0 saturated carbocycles. The third kappa shape index (κ3) is 5.38. The fourth-order valence-electron chi connectivity index (χ4n) is 4.74. The van der Waals surface area contributed by atoms with Crippen molar-refractivity contribution in [3.05, 3.63) is 72.6 Å². The first-order chi connectivity index (χ1) is 17.6. The molecule has 1 fully saturated rings. The Balaban J connectivity index is 1.42. The Morgan fingerprint density at radius 3 is 2.19 bits per heavy atom. The van der Waals surface area contributed by atoms with Gasteiger partial charge in [-0.25, -0.2) is 15.0 Å². The van der Waals surface area contributed by atoms with E-state index in [2.05, 4.69) is 55.3 Å². The minimum Gasteiger partial charge on any atom is -0.341 e. The van der Waals surface area contributed by atoms with Crippen LogP contribution in [0.15, 0.2) is 67.0 Å². The van der Waals surface area contributed by atoms with Crippen molar-refractivity contribution in [1.29, 1.82) is 0 Å². The summed E-state index contributed by atoms with van der Waals surface area (Å²) in [4.78, 5) is 15.6. The molecule has 0 amide bonds. The maximum atomic E-state index is 13.1. The van der Waals surface area contributed by atoms with Gasteiger partial charge in [0.2, 0.25) is 5.95 Å². The summed E-state index contributed by atoms with van der Waals surface area (Å²) in [5.41, 5.74) is 3.82. The second-order valence-corrected chi connectivity index (χ2v) is 10.6. The molecule has 2 aromatic carbocycles. The molecular formula is C29H30F3N5. The molecule has 0 bridgehead atoms. The molecule has 2 aromatic heterocycles. The molecule has 0 aliphatic carbocycles. The largest absolute Gasteiger partial charge is 0.391 e. The summed E-state index contributed by atoms with van der Waals surface area (Å²) in [5.74, 6) is -0.0699. The predicted molar refractivity (Wildman–Crippen MR) is 142 cm³/mol. The van der Waals surface area contributed by atoms with Crippen molar-refractivity contribution >= 4 is 28.2 Å². The average molecular weight is 506 g/mol. The number of fused-ring (bicyclic) bond motifs is 1. The number of piperidine rings is 1. The highest BCUT2D eigenvalue weighted by Gasteiger charge is 2.41. The lowest BCUT2D eigenvalue weighted by molar-refractivity contribution is -0.179. The van der Waals surface area contributed by atoms with E-state index in [0.717, 1.165) is 27.8 Å². The molecule has 1 N–H and O–H groups in total. The van der Waals surface area contributed by atoms with Crippen molar-refractivity contribution in [1.82, 2.24) is 15.0 Å². The second-order valence-electron chi connectivity index (χ2n) is 10.6. The molecule has 37 heavy (non-hydrogen) atoms. The van der Waals surface area contributed by atoms with Crippen molar-refractivity contribution in [2.24, 2.45) is 5.92 Å². The summed E-state index contributed by atoms with van der Waals surface area (Å²) >= 11 is 0. The number of anilines is 3. The molecule has 5 rings (SSSR count). The number of halogens is 3. The number of benzene rings is 2. The van der Waals surface area contributed by atoms with Gasteiger partial charge in [-0.2, -0.15) is 13.2 Å². The fraction of sp³-hybridized carbons (Fsp3) is 0.345. The quantitative estimate of drug-likeness (QED) is 0.311. The smallest absolute Gasteiger partial charge is 0.341 e. The van der Waals surface area contributed by atoms with Gasteiger partial charge in [0.25, 0.3) is 0 Å². The van der Waals surface area contributed by atoms with Gasteiger partial charge < -0.3 is 10.2 Å². The maximum absolute atomic E-state index is 13.1. The summed E-state index contributed by atoms with van der Waals surface area (Å²) in [6.45, 7) is 7.12. The Kier molecular flexibility index (Phi) is 6.52. The van der Waals surface area contributed by atoms with Gasteiger partial charge in [0.05, 0.1) is 11.6 Å². The molecule has 0 unspecified atom stereocenters. The monoisotopic (exact) mass is 505 g/mol. The minimum atomic E-state index is -4.15. The van der Waals surface area contributed by atoms with Crippen LogP contribution in [-0.4, -0.2) is 34.2 Å². The summed E-state index contributed by atoms with van der Waals surface area (Å²) in [7, 11) is 0. The van der Waals surface area contributed by atoms with E-state index in [1.165, 1.54) is 5.56 Å². The van der Waals surface area contributed by atoms with Gasteiger partial charge in [0.15, 0.2) is 0 Å². The lowest BCUT2D eigenvalue weighted by Gasteiger charge is -2.32. The zero-order valence-electron chi connectivity index (χ0n) is 21.2. The third-order valence-corrected chi connectivity index (χ3v) is 6.97. The third-order valence-electron chi connectivity index (χ3n) is 6.97. The Labute approximate surface area is 214 Å². The number of hydrogen-bond acceptors (Lipinski definition) is 5. The van der Waals surface area contributed by atoms with Crippen LogP contribution in [0.5, 0.6) is 0 Å².